The maximum atomic E-state index is 11.6. The predicted octanol–water partition coefficient (Wildman–Crippen LogP) is 1.71. The SMILES string of the molecule is CC1CS(=O)(=O)CCN1c1cc(Br)ccc1C(N)=S. The van der Waals surface area contributed by atoms with Gasteiger partial charge in [0.25, 0.3) is 0 Å². The molecular weight excluding hydrogens is 348 g/mol. The number of sulfone groups is 1. The first-order valence-electron chi connectivity index (χ1n) is 5.86. The van der Waals surface area contributed by atoms with Crippen molar-refractivity contribution in [2.45, 2.75) is 13.0 Å². The highest BCUT2D eigenvalue weighted by Crippen LogP contribution is 2.28. The lowest BCUT2D eigenvalue weighted by atomic mass is 10.1. The van der Waals surface area contributed by atoms with Crippen LogP contribution in [0.5, 0.6) is 0 Å². The molecule has 0 radical (unpaired) electrons. The Bertz CT molecular complexity index is 616. The van der Waals surface area contributed by atoms with E-state index in [1.807, 2.05) is 25.1 Å². The molecule has 0 aromatic heterocycles. The van der Waals surface area contributed by atoms with Crippen LogP contribution in [0.1, 0.15) is 12.5 Å². The van der Waals surface area contributed by atoms with Crippen molar-refractivity contribution in [1.29, 1.82) is 0 Å². The summed E-state index contributed by atoms with van der Waals surface area (Å²) in [4.78, 5) is 2.38. The summed E-state index contributed by atoms with van der Waals surface area (Å²) in [6.07, 6.45) is 0. The summed E-state index contributed by atoms with van der Waals surface area (Å²) < 4.78 is 24.2. The largest absolute Gasteiger partial charge is 0.389 e. The molecule has 2 rings (SSSR count). The molecule has 0 aliphatic carbocycles. The lowest BCUT2D eigenvalue weighted by Crippen LogP contribution is -2.47. The van der Waals surface area contributed by atoms with E-state index in [0.29, 0.717) is 11.5 Å². The Labute approximate surface area is 127 Å². The van der Waals surface area contributed by atoms with Gasteiger partial charge in [-0.05, 0) is 25.1 Å². The van der Waals surface area contributed by atoms with Crippen LogP contribution < -0.4 is 10.6 Å². The van der Waals surface area contributed by atoms with Gasteiger partial charge in [-0.2, -0.15) is 0 Å². The van der Waals surface area contributed by atoms with Gasteiger partial charge in [0.15, 0.2) is 9.84 Å². The number of benzene rings is 1. The Kier molecular flexibility index (Phi) is 4.17. The number of nitrogens with zero attached hydrogens (tertiary/aromatic N) is 1. The molecule has 1 atom stereocenters. The monoisotopic (exact) mass is 362 g/mol. The maximum Gasteiger partial charge on any atom is 0.154 e. The molecule has 1 aliphatic rings. The van der Waals surface area contributed by atoms with Crippen LogP contribution in [0, 0.1) is 0 Å². The normalized spacial score (nSPS) is 22.2. The fourth-order valence-corrected chi connectivity index (χ4v) is 4.39. The van der Waals surface area contributed by atoms with E-state index < -0.39 is 9.84 Å². The first-order chi connectivity index (χ1) is 8.80. The van der Waals surface area contributed by atoms with Crippen molar-refractivity contribution in [2.75, 3.05) is 23.0 Å². The highest BCUT2D eigenvalue weighted by Gasteiger charge is 2.29. The van der Waals surface area contributed by atoms with Crippen molar-refractivity contribution in [2.24, 2.45) is 5.73 Å². The highest BCUT2D eigenvalue weighted by molar-refractivity contribution is 9.10. The summed E-state index contributed by atoms with van der Waals surface area (Å²) in [6.45, 7) is 2.37. The van der Waals surface area contributed by atoms with E-state index in [1.54, 1.807) is 0 Å². The molecule has 1 saturated heterocycles. The number of nitrogens with two attached hydrogens (primary N) is 1. The van der Waals surface area contributed by atoms with Crippen LogP contribution >= 0.6 is 28.1 Å². The smallest absolute Gasteiger partial charge is 0.154 e. The molecule has 0 amide bonds. The van der Waals surface area contributed by atoms with Gasteiger partial charge in [0.1, 0.15) is 4.99 Å². The van der Waals surface area contributed by atoms with Crippen molar-refractivity contribution >= 4 is 48.7 Å². The molecule has 19 heavy (non-hydrogen) atoms. The second kappa shape index (κ2) is 5.38. The van der Waals surface area contributed by atoms with Gasteiger partial charge in [-0.15, -0.1) is 0 Å². The number of halogens is 1. The molecule has 1 fully saturated rings. The molecule has 0 spiro atoms. The zero-order chi connectivity index (χ0) is 14.2. The minimum Gasteiger partial charge on any atom is -0.389 e. The Hall–Kier alpha value is -0.660. The highest BCUT2D eigenvalue weighted by atomic mass is 79.9. The first-order valence-corrected chi connectivity index (χ1v) is 8.89. The fraction of sp³-hybridized carbons (Fsp3) is 0.417. The zero-order valence-electron chi connectivity index (χ0n) is 10.5. The molecule has 1 aromatic rings. The maximum absolute atomic E-state index is 11.6. The number of rotatable bonds is 2. The molecule has 4 nitrogen and oxygen atoms in total. The van der Waals surface area contributed by atoms with Gasteiger partial charge in [-0.3, -0.25) is 0 Å². The van der Waals surface area contributed by atoms with E-state index in [-0.39, 0.29) is 17.5 Å². The van der Waals surface area contributed by atoms with E-state index in [0.717, 1.165) is 15.7 Å². The molecule has 1 aromatic carbocycles. The third kappa shape index (κ3) is 3.27. The molecular formula is C12H15BrN2O2S2. The van der Waals surface area contributed by atoms with Crippen LogP contribution in [-0.2, 0) is 9.84 Å². The molecule has 0 bridgehead atoms. The lowest BCUT2D eigenvalue weighted by Gasteiger charge is -2.36. The van der Waals surface area contributed by atoms with Crippen molar-refractivity contribution < 1.29 is 8.42 Å². The van der Waals surface area contributed by atoms with Crippen LogP contribution in [0.2, 0.25) is 0 Å². The van der Waals surface area contributed by atoms with Gasteiger partial charge in [-0.25, -0.2) is 8.42 Å². The van der Waals surface area contributed by atoms with Gasteiger partial charge >= 0.3 is 0 Å². The minimum absolute atomic E-state index is 0.0823. The van der Waals surface area contributed by atoms with E-state index in [4.69, 9.17) is 18.0 Å². The number of hydrogen-bond acceptors (Lipinski definition) is 4. The van der Waals surface area contributed by atoms with Gasteiger partial charge in [0.2, 0.25) is 0 Å². The molecule has 7 heteroatoms. The van der Waals surface area contributed by atoms with Crippen LogP contribution in [-0.4, -0.2) is 37.5 Å². The average Bonchev–Trinajstić information content (AvgIpc) is 2.27. The fourth-order valence-electron chi connectivity index (χ4n) is 2.31. The first kappa shape index (κ1) is 14.7. The Morgan fingerprint density at radius 1 is 1.53 bits per heavy atom. The summed E-state index contributed by atoms with van der Waals surface area (Å²) in [5, 5.41) is 0. The molecule has 1 heterocycles. The summed E-state index contributed by atoms with van der Waals surface area (Å²) >= 11 is 8.49. The summed E-state index contributed by atoms with van der Waals surface area (Å²) in [5.74, 6) is 0.330. The Balaban J connectivity index is 2.42. The Morgan fingerprint density at radius 3 is 2.79 bits per heavy atom. The van der Waals surface area contributed by atoms with Crippen molar-refractivity contribution in [3.63, 3.8) is 0 Å². The van der Waals surface area contributed by atoms with Crippen LogP contribution in [0.25, 0.3) is 0 Å². The van der Waals surface area contributed by atoms with E-state index in [9.17, 15) is 8.42 Å². The molecule has 104 valence electrons. The average molecular weight is 363 g/mol. The van der Waals surface area contributed by atoms with Gasteiger partial charge < -0.3 is 10.6 Å². The van der Waals surface area contributed by atoms with Crippen LogP contribution in [0.4, 0.5) is 5.69 Å². The van der Waals surface area contributed by atoms with Crippen molar-refractivity contribution in [1.82, 2.24) is 0 Å². The third-order valence-electron chi connectivity index (χ3n) is 3.21. The number of hydrogen-bond donors (Lipinski definition) is 1. The second-order valence-corrected chi connectivity index (χ2v) is 8.27. The standard InChI is InChI=1S/C12H15BrN2O2S2/c1-8-7-19(16,17)5-4-15(8)11-6-9(13)2-3-10(11)12(14)18/h2-3,6,8H,4-5,7H2,1H3,(H2,14,18). The summed E-state index contributed by atoms with van der Waals surface area (Å²) in [5.41, 5.74) is 7.42. The van der Waals surface area contributed by atoms with Gasteiger partial charge in [0, 0.05) is 28.3 Å². The topological polar surface area (TPSA) is 63.4 Å². The summed E-state index contributed by atoms with van der Waals surface area (Å²) in [6, 6.07) is 5.59. The van der Waals surface area contributed by atoms with E-state index >= 15 is 0 Å². The molecule has 2 N–H and O–H groups in total. The van der Waals surface area contributed by atoms with Gasteiger partial charge in [0.05, 0.1) is 11.5 Å². The van der Waals surface area contributed by atoms with Crippen LogP contribution in [0.15, 0.2) is 22.7 Å². The van der Waals surface area contributed by atoms with E-state index in [2.05, 4.69) is 20.8 Å². The van der Waals surface area contributed by atoms with Crippen LogP contribution in [0.3, 0.4) is 0 Å². The minimum atomic E-state index is -2.93. The molecule has 1 unspecified atom stereocenters. The Morgan fingerprint density at radius 2 is 2.21 bits per heavy atom. The van der Waals surface area contributed by atoms with E-state index in [1.165, 1.54) is 0 Å². The molecule has 0 saturated carbocycles. The van der Waals surface area contributed by atoms with Crippen molar-refractivity contribution in [3.8, 4) is 0 Å². The lowest BCUT2D eigenvalue weighted by molar-refractivity contribution is 0.568. The van der Waals surface area contributed by atoms with Crippen molar-refractivity contribution in [3.05, 3.63) is 28.2 Å². The molecule has 1 aliphatic heterocycles. The number of anilines is 1. The zero-order valence-corrected chi connectivity index (χ0v) is 13.7. The quantitative estimate of drug-likeness (QED) is 0.811. The predicted molar refractivity (Wildman–Crippen MR) is 85.5 cm³/mol. The third-order valence-corrected chi connectivity index (χ3v) is 5.71. The number of thiocarbonyl (C=S) groups is 1. The van der Waals surface area contributed by atoms with Gasteiger partial charge in [-0.1, -0.05) is 28.1 Å². The summed E-state index contributed by atoms with van der Waals surface area (Å²) in [7, 11) is -2.93. The second-order valence-electron chi connectivity index (χ2n) is 4.68.